The van der Waals surface area contributed by atoms with Crippen molar-refractivity contribution < 1.29 is 61.3 Å². The van der Waals surface area contributed by atoms with E-state index in [9.17, 15) is 19.2 Å². The molecule has 158 valence electrons. The van der Waals surface area contributed by atoms with Gasteiger partial charge in [-0.2, -0.15) is 12.8 Å². The number of carbonyl (C=O) groups excluding carboxylic acids is 2. The molecule has 0 heterocycles. The van der Waals surface area contributed by atoms with Crippen molar-refractivity contribution in [1.29, 1.82) is 0 Å². The molecule has 0 aliphatic rings. The fraction of sp³-hybridized carbons (Fsp3) is 0.667. The van der Waals surface area contributed by atoms with Gasteiger partial charge in [-0.25, -0.2) is 11.8 Å². The van der Waals surface area contributed by atoms with E-state index in [1.807, 2.05) is 0 Å². The predicted molar refractivity (Wildman–Crippen MR) is 98.4 cm³/mol. The van der Waals surface area contributed by atoms with Gasteiger partial charge in [0.1, 0.15) is 0 Å². The smallest absolute Gasteiger partial charge is 0.503 e. The second kappa shape index (κ2) is 22.7. The number of hydrogen-bond donors (Lipinski definition) is 4. The minimum absolute atomic E-state index is 0. The third-order valence-electron chi connectivity index (χ3n) is 2.07. The molecule has 0 rings (SSSR count). The molecule has 27 heavy (non-hydrogen) atoms. The van der Waals surface area contributed by atoms with Crippen LogP contribution in [0.25, 0.3) is 0 Å². The van der Waals surface area contributed by atoms with Crippen molar-refractivity contribution >= 4 is 23.5 Å². The summed E-state index contributed by atoms with van der Waals surface area (Å²) in [6.07, 6.45) is 0.259. The zero-order valence-corrected chi connectivity index (χ0v) is 19.1. The molecule has 0 aliphatic carbocycles. The normalized spacial score (nSPS) is 8.44. The van der Waals surface area contributed by atoms with Crippen LogP contribution in [-0.4, -0.2) is 56.1 Å². The van der Waals surface area contributed by atoms with Crippen molar-refractivity contribution in [3.8, 4) is 0 Å². The quantitative estimate of drug-likeness (QED) is 0.286. The SMILES string of the molecule is CC(C)O.CC(C)O.CC[C-](C(C)=O)C(=O)O.CC[C-](C(C)=O)C(=O)O.[Ti+2]. The van der Waals surface area contributed by atoms with Crippen LogP contribution in [0.2, 0.25) is 0 Å². The molecule has 4 N–H and O–H groups in total. The Kier molecular flexibility index (Phi) is 30.7. The molecule has 9 heteroatoms. The average molecular weight is 426 g/mol. The van der Waals surface area contributed by atoms with Crippen LogP contribution in [-0.2, 0) is 40.9 Å². The number of carboxylic acids is 2. The molecule has 0 spiro atoms. The summed E-state index contributed by atoms with van der Waals surface area (Å²) in [6.45, 7) is 12.7. The number of aliphatic carboxylic acids is 2. The van der Waals surface area contributed by atoms with Crippen molar-refractivity contribution in [3.63, 3.8) is 0 Å². The Morgan fingerprint density at radius 1 is 0.704 bits per heavy atom. The van der Waals surface area contributed by atoms with Crippen LogP contribution in [0.3, 0.4) is 0 Å². The van der Waals surface area contributed by atoms with Crippen LogP contribution in [0.1, 0.15) is 68.2 Å². The van der Waals surface area contributed by atoms with E-state index in [1.165, 1.54) is 13.8 Å². The van der Waals surface area contributed by atoms with Crippen LogP contribution in [0.5, 0.6) is 0 Å². The Hall–Kier alpha value is -1.35. The fourth-order valence-electron chi connectivity index (χ4n) is 1.10. The maximum absolute atomic E-state index is 10.4. The fourth-order valence-corrected chi connectivity index (χ4v) is 1.10. The summed E-state index contributed by atoms with van der Waals surface area (Å²) < 4.78 is 0. The zero-order valence-electron chi connectivity index (χ0n) is 17.5. The van der Waals surface area contributed by atoms with Gasteiger partial charge in [0.15, 0.2) is 11.9 Å². The number of hydrogen-bond acceptors (Lipinski definition) is 6. The first kappa shape index (κ1) is 36.6. The monoisotopic (exact) mass is 426 g/mol. The minimum atomic E-state index is -1.11. The molecule has 8 nitrogen and oxygen atoms in total. The van der Waals surface area contributed by atoms with E-state index in [4.69, 9.17) is 20.4 Å². The average Bonchev–Trinajstić information content (AvgIpc) is 2.37. The topological polar surface area (TPSA) is 149 Å². The van der Waals surface area contributed by atoms with Crippen LogP contribution in [0.4, 0.5) is 0 Å². The molecule has 0 amide bonds. The van der Waals surface area contributed by atoms with Crippen molar-refractivity contribution in [2.75, 3.05) is 0 Å². The van der Waals surface area contributed by atoms with E-state index >= 15 is 0 Å². The van der Waals surface area contributed by atoms with Gasteiger partial charge in [-0.15, -0.1) is 0 Å². The van der Waals surface area contributed by atoms with Gasteiger partial charge in [-0.3, -0.25) is 9.59 Å². The van der Waals surface area contributed by atoms with Gasteiger partial charge in [-0.05, 0) is 41.5 Å². The Morgan fingerprint density at radius 2 is 0.852 bits per heavy atom. The van der Waals surface area contributed by atoms with Gasteiger partial charge in [0, 0.05) is 23.8 Å². The molecule has 0 atom stereocenters. The van der Waals surface area contributed by atoms with Crippen LogP contribution in [0.15, 0.2) is 0 Å². The summed E-state index contributed by atoms with van der Waals surface area (Å²) >= 11 is 0. The van der Waals surface area contributed by atoms with E-state index < -0.39 is 11.9 Å². The number of carbonyl (C=O) groups is 4. The summed E-state index contributed by atoms with van der Waals surface area (Å²) in [5.41, 5.74) is 0. The summed E-state index contributed by atoms with van der Waals surface area (Å²) in [7, 11) is 0. The third kappa shape index (κ3) is 36.4. The van der Waals surface area contributed by atoms with E-state index in [-0.39, 0.29) is 57.3 Å². The summed E-state index contributed by atoms with van der Waals surface area (Å²) in [5, 5.41) is 32.7. The van der Waals surface area contributed by atoms with E-state index in [0.717, 1.165) is 0 Å². The second-order valence-electron chi connectivity index (χ2n) is 5.57. The molecule has 0 unspecified atom stereocenters. The first-order valence-electron chi connectivity index (χ1n) is 8.21. The maximum Gasteiger partial charge on any atom is 2.00 e. The Labute approximate surface area is 177 Å². The molecule has 0 fully saturated rings. The zero-order chi connectivity index (χ0) is 22.0. The van der Waals surface area contributed by atoms with Crippen LogP contribution >= 0.6 is 0 Å². The Morgan fingerprint density at radius 3 is 0.852 bits per heavy atom. The largest absolute Gasteiger partial charge is 2.00 e. The van der Waals surface area contributed by atoms with E-state index in [2.05, 4.69) is 0 Å². The number of rotatable bonds is 6. The molecular weight excluding hydrogens is 392 g/mol. The van der Waals surface area contributed by atoms with E-state index in [0.29, 0.717) is 12.8 Å². The standard InChI is InChI=1S/2C6H9O3.2C3H8O.Ti/c2*1-3-5(4(2)7)6(8)9;2*1-3(2)4;/h2*3H2,1-2H3,(H,8,9);2*3-4H,1-2H3;/q2*-1;;;+2. The molecule has 0 saturated carbocycles. The van der Waals surface area contributed by atoms with E-state index in [1.54, 1.807) is 41.5 Å². The van der Waals surface area contributed by atoms with Crippen molar-refractivity contribution in [3.05, 3.63) is 11.8 Å². The number of ketones is 2. The molecular formula is C18H34O8Ti. The number of Topliss-reactive ketones (excluding diaryl/α,β-unsaturated/α-hetero) is 2. The summed E-state index contributed by atoms with van der Waals surface area (Å²) in [5.74, 6) is -2.99. The van der Waals surface area contributed by atoms with Gasteiger partial charge in [-0.1, -0.05) is 13.8 Å². The predicted octanol–water partition coefficient (Wildman–Crippen LogP) is 2.06. The van der Waals surface area contributed by atoms with Crippen LogP contribution in [0, 0.1) is 11.8 Å². The van der Waals surface area contributed by atoms with Crippen molar-refractivity contribution in [2.45, 2.75) is 80.4 Å². The first-order valence-corrected chi connectivity index (χ1v) is 8.21. The molecule has 0 aromatic heterocycles. The van der Waals surface area contributed by atoms with Gasteiger partial charge >= 0.3 is 21.7 Å². The summed E-state index contributed by atoms with van der Waals surface area (Å²) in [4.78, 5) is 41.0. The Balaban J connectivity index is -0.0000000843. The molecule has 0 aliphatic heterocycles. The maximum atomic E-state index is 10.4. The van der Waals surface area contributed by atoms with Crippen LogP contribution < -0.4 is 0 Å². The van der Waals surface area contributed by atoms with Gasteiger partial charge in [0.05, 0.1) is 0 Å². The third-order valence-corrected chi connectivity index (χ3v) is 2.07. The molecule has 0 aromatic rings. The summed E-state index contributed by atoms with van der Waals surface area (Å²) in [6, 6.07) is 0. The number of aliphatic hydroxyl groups is 2. The molecule has 0 saturated heterocycles. The molecule has 0 aromatic carbocycles. The van der Waals surface area contributed by atoms with Gasteiger partial charge in [0.25, 0.3) is 0 Å². The second-order valence-corrected chi connectivity index (χ2v) is 5.57. The van der Waals surface area contributed by atoms with Gasteiger partial charge in [0.2, 0.25) is 0 Å². The number of aliphatic hydroxyl groups excluding tert-OH is 2. The van der Waals surface area contributed by atoms with Crippen molar-refractivity contribution in [2.24, 2.45) is 0 Å². The van der Waals surface area contributed by atoms with Crippen molar-refractivity contribution in [1.82, 2.24) is 0 Å². The minimum Gasteiger partial charge on any atom is -0.503 e. The first-order chi connectivity index (χ1) is 11.6. The Bertz CT molecular complexity index is 337. The molecule has 0 bridgehead atoms. The van der Waals surface area contributed by atoms with Gasteiger partial charge < -0.3 is 30.0 Å². The molecule has 0 radical (unpaired) electrons. The number of carboxylic acid groups (broad SMARTS) is 2.